The van der Waals surface area contributed by atoms with Crippen molar-refractivity contribution >= 4 is 17.4 Å². The number of thioether (sulfide) groups is 1. The van der Waals surface area contributed by atoms with E-state index in [0.717, 1.165) is 4.90 Å². The molecule has 1 atom stereocenters. The maximum atomic E-state index is 12.7. The molecule has 0 radical (unpaired) electrons. The van der Waals surface area contributed by atoms with Crippen molar-refractivity contribution in [1.29, 1.82) is 0 Å². The third-order valence-electron chi connectivity index (χ3n) is 2.61. The number of nitrogen functional groups attached to an aromatic ring is 1. The van der Waals surface area contributed by atoms with Crippen LogP contribution in [0.25, 0.3) is 0 Å². The minimum absolute atomic E-state index is 0.169. The first-order valence-electron chi connectivity index (χ1n) is 6.19. The van der Waals surface area contributed by atoms with Crippen LogP contribution in [0.5, 0.6) is 5.75 Å². The van der Waals surface area contributed by atoms with Crippen LogP contribution in [0.15, 0.2) is 53.4 Å². The van der Waals surface area contributed by atoms with Gasteiger partial charge in [-0.1, -0.05) is 12.1 Å². The third kappa shape index (κ3) is 4.43. The molecule has 5 heteroatoms. The average molecular weight is 293 g/mol. The molecule has 0 fully saturated rings. The molecule has 0 aliphatic carbocycles. The van der Waals surface area contributed by atoms with E-state index >= 15 is 0 Å². The Kier molecular flexibility index (Phi) is 5.26. The average Bonchev–Trinajstić information content (AvgIpc) is 2.46. The van der Waals surface area contributed by atoms with E-state index in [1.54, 1.807) is 24.3 Å². The van der Waals surface area contributed by atoms with E-state index in [1.807, 2.05) is 12.1 Å². The molecule has 2 aromatic carbocycles. The van der Waals surface area contributed by atoms with Crippen LogP contribution < -0.4 is 10.5 Å². The highest BCUT2D eigenvalue weighted by molar-refractivity contribution is 7.99. The highest BCUT2D eigenvalue weighted by atomic mass is 32.2. The fourth-order valence-corrected chi connectivity index (χ4v) is 2.38. The van der Waals surface area contributed by atoms with Crippen molar-refractivity contribution in [2.45, 2.75) is 11.0 Å². The minimum Gasteiger partial charge on any atom is -0.489 e. The predicted octanol–water partition coefficient (Wildman–Crippen LogP) is 2.94. The van der Waals surface area contributed by atoms with Gasteiger partial charge in [0.2, 0.25) is 0 Å². The van der Waals surface area contributed by atoms with Gasteiger partial charge in [0.1, 0.15) is 18.2 Å². The molecular weight excluding hydrogens is 277 g/mol. The van der Waals surface area contributed by atoms with E-state index in [4.69, 9.17) is 10.5 Å². The number of ether oxygens (including phenoxy) is 1. The van der Waals surface area contributed by atoms with Gasteiger partial charge in [0, 0.05) is 10.6 Å². The van der Waals surface area contributed by atoms with Crippen molar-refractivity contribution in [3.8, 4) is 5.75 Å². The van der Waals surface area contributed by atoms with Crippen LogP contribution in [0.4, 0.5) is 10.1 Å². The number of aliphatic hydroxyl groups excluding tert-OH is 1. The molecule has 0 bridgehead atoms. The van der Waals surface area contributed by atoms with Crippen molar-refractivity contribution in [2.24, 2.45) is 0 Å². The maximum absolute atomic E-state index is 12.7. The normalized spacial score (nSPS) is 12.1. The molecule has 0 heterocycles. The van der Waals surface area contributed by atoms with Gasteiger partial charge in [0.15, 0.2) is 0 Å². The zero-order chi connectivity index (χ0) is 14.4. The number of benzene rings is 2. The SMILES string of the molecule is Nc1ccccc1OCC(O)CSc1ccc(F)cc1. The van der Waals surface area contributed by atoms with Crippen LogP contribution in [0, 0.1) is 5.82 Å². The molecule has 0 saturated carbocycles. The summed E-state index contributed by atoms with van der Waals surface area (Å²) in [5.41, 5.74) is 6.29. The second-order valence-corrected chi connectivity index (χ2v) is 5.36. The summed E-state index contributed by atoms with van der Waals surface area (Å²) in [6.07, 6.45) is -0.621. The zero-order valence-corrected chi connectivity index (χ0v) is 11.6. The third-order valence-corrected chi connectivity index (χ3v) is 3.76. The largest absolute Gasteiger partial charge is 0.489 e. The van der Waals surface area contributed by atoms with Gasteiger partial charge in [-0.2, -0.15) is 0 Å². The number of nitrogens with two attached hydrogens (primary N) is 1. The summed E-state index contributed by atoms with van der Waals surface area (Å²) in [5.74, 6) is 0.773. The molecule has 3 N–H and O–H groups in total. The summed E-state index contributed by atoms with van der Waals surface area (Å²) in [6.45, 7) is 0.169. The Morgan fingerprint density at radius 2 is 1.85 bits per heavy atom. The van der Waals surface area contributed by atoms with Crippen molar-refractivity contribution < 1.29 is 14.2 Å². The lowest BCUT2D eigenvalue weighted by Gasteiger charge is -2.13. The molecule has 106 valence electrons. The van der Waals surface area contributed by atoms with Crippen molar-refractivity contribution in [2.75, 3.05) is 18.1 Å². The predicted molar refractivity (Wildman–Crippen MR) is 79.5 cm³/mol. The molecule has 0 spiro atoms. The van der Waals surface area contributed by atoms with Gasteiger partial charge < -0.3 is 15.6 Å². The van der Waals surface area contributed by atoms with E-state index < -0.39 is 6.10 Å². The van der Waals surface area contributed by atoms with E-state index in [9.17, 15) is 9.50 Å². The van der Waals surface area contributed by atoms with Crippen molar-refractivity contribution in [3.63, 3.8) is 0 Å². The molecule has 2 rings (SSSR count). The summed E-state index contributed by atoms with van der Waals surface area (Å²) in [4.78, 5) is 0.907. The Bertz CT molecular complexity index is 548. The number of anilines is 1. The van der Waals surface area contributed by atoms with Gasteiger partial charge in [0.05, 0.1) is 11.8 Å². The van der Waals surface area contributed by atoms with Crippen LogP contribution in [0.2, 0.25) is 0 Å². The Hall–Kier alpha value is -1.72. The number of para-hydroxylation sites is 2. The van der Waals surface area contributed by atoms with Crippen molar-refractivity contribution in [3.05, 3.63) is 54.3 Å². The molecular formula is C15H16FNO2S. The van der Waals surface area contributed by atoms with Gasteiger partial charge in [-0.05, 0) is 36.4 Å². The minimum atomic E-state index is -0.621. The monoisotopic (exact) mass is 293 g/mol. The van der Waals surface area contributed by atoms with E-state index in [-0.39, 0.29) is 12.4 Å². The molecule has 1 unspecified atom stereocenters. The van der Waals surface area contributed by atoms with Gasteiger partial charge in [-0.25, -0.2) is 4.39 Å². The second-order valence-electron chi connectivity index (χ2n) is 4.27. The lowest BCUT2D eigenvalue weighted by Crippen LogP contribution is -2.20. The van der Waals surface area contributed by atoms with Crippen LogP contribution >= 0.6 is 11.8 Å². The molecule has 0 aromatic heterocycles. The summed E-state index contributed by atoms with van der Waals surface area (Å²) in [7, 11) is 0. The number of hydrogen-bond donors (Lipinski definition) is 2. The smallest absolute Gasteiger partial charge is 0.142 e. The van der Waals surface area contributed by atoms with Gasteiger partial charge in [-0.3, -0.25) is 0 Å². The standard InChI is InChI=1S/C15H16FNO2S/c16-11-5-7-13(8-6-11)20-10-12(18)9-19-15-4-2-1-3-14(15)17/h1-8,12,18H,9-10,17H2. The first kappa shape index (κ1) is 14.7. The topological polar surface area (TPSA) is 55.5 Å². The fraction of sp³-hybridized carbons (Fsp3) is 0.200. The molecule has 20 heavy (non-hydrogen) atoms. The van der Waals surface area contributed by atoms with Crippen LogP contribution in [0.1, 0.15) is 0 Å². The van der Waals surface area contributed by atoms with Crippen LogP contribution in [0.3, 0.4) is 0 Å². The van der Waals surface area contributed by atoms with E-state index in [0.29, 0.717) is 17.2 Å². The number of aliphatic hydroxyl groups is 1. The molecule has 3 nitrogen and oxygen atoms in total. The first-order chi connectivity index (χ1) is 9.65. The fourth-order valence-electron chi connectivity index (χ4n) is 1.57. The summed E-state index contributed by atoms with van der Waals surface area (Å²) in [6, 6.07) is 13.3. The Labute approximate surface area is 121 Å². The zero-order valence-electron chi connectivity index (χ0n) is 10.8. The van der Waals surface area contributed by atoms with Crippen molar-refractivity contribution in [1.82, 2.24) is 0 Å². The lowest BCUT2D eigenvalue weighted by atomic mass is 10.3. The quantitative estimate of drug-likeness (QED) is 0.635. The molecule has 0 aliphatic heterocycles. The Balaban J connectivity index is 1.77. The molecule has 0 amide bonds. The summed E-state index contributed by atoms with van der Waals surface area (Å²) >= 11 is 1.45. The van der Waals surface area contributed by atoms with Crippen LogP contribution in [-0.2, 0) is 0 Å². The van der Waals surface area contributed by atoms with Gasteiger partial charge in [-0.15, -0.1) is 11.8 Å². The molecule has 0 aliphatic rings. The molecule has 2 aromatic rings. The highest BCUT2D eigenvalue weighted by Gasteiger charge is 2.07. The highest BCUT2D eigenvalue weighted by Crippen LogP contribution is 2.22. The maximum Gasteiger partial charge on any atom is 0.142 e. The Morgan fingerprint density at radius 3 is 2.55 bits per heavy atom. The number of halogens is 1. The summed E-state index contributed by atoms with van der Waals surface area (Å²) < 4.78 is 18.2. The van der Waals surface area contributed by atoms with Crippen LogP contribution in [-0.4, -0.2) is 23.6 Å². The molecule has 0 saturated heterocycles. The second kappa shape index (κ2) is 7.17. The Morgan fingerprint density at radius 1 is 1.15 bits per heavy atom. The first-order valence-corrected chi connectivity index (χ1v) is 7.17. The van der Waals surface area contributed by atoms with E-state index in [1.165, 1.54) is 23.9 Å². The lowest BCUT2D eigenvalue weighted by molar-refractivity contribution is 0.127. The number of hydrogen-bond acceptors (Lipinski definition) is 4. The van der Waals surface area contributed by atoms with Gasteiger partial charge >= 0.3 is 0 Å². The number of rotatable bonds is 6. The van der Waals surface area contributed by atoms with Gasteiger partial charge in [0.25, 0.3) is 0 Å². The van der Waals surface area contributed by atoms with E-state index in [2.05, 4.69) is 0 Å². The summed E-state index contributed by atoms with van der Waals surface area (Å²) in [5, 5.41) is 9.86.